The zero-order valence-corrected chi connectivity index (χ0v) is 13.1. The highest BCUT2D eigenvalue weighted by Gasteiger charge is 2.27. The predicted molar refractivity (Wildman–Crippen MR) is 77.1 cm³/mol. The topological polar surface area (TPSA) is 74.7 Å². The first-order chi connectivity index (χ1) is 9.12. The van der Waals surface area contributed by atoms with Gasteiger partial charge in [0.1, 0.15) is 6.54 Å². The number of benzene rings is 1. The highest BCUT2D eigenvalue weighted by molar-refractivity contribution is 7.89. The Kier molecular flexibility index (Phi) is 5.30. The van der Waals surface area contributed by atoms with E-state index in [1.54, 1.807) is 12.1 Å². The molecule has 1 rings (SSSR count). The molecule has 0 spiro atoms. The van der Waals surface area contributed by atoms with E-state index in [-0.39, 0.29) is 17.4 Å². The molecule has 0 unspecified atom stereocenters. The minimum absolute atomic E-state index is 0.0510. The first-order valence-electron chi connectivity index (χ1n) is 6.43. The molecule has 1 aromatic rings. The standard InChI is InChI=1S/C14H21NO4S/c1-10(2)8-15(9-14(16)17)20(18,19)13-6-11(3)5-12(4)7-13/h5-7,10H,8-9H2,1-4H3,(H,16,17). The molecule has 0 heterocycles. The molecule has 0 saturated heterocycles. The van der Waals surface area contributed by atoms with Crippen LogP contribution in [0.25, 0.3) is 0 Å². The minimum atomic E-state index is -3.78. The summed E-state index contributed by atoms with van der Waals surface area (Å²) < 4.78 is 26.2. The van der Waals surface area contributed by atoms with E-state index in [2.05, 4.69) is 0 Å². The first kappa shape index (κ1) is 16.7. The van der Waals surface area contributed by atoms with Crippen LogP contribution in [0.2, 0.25) is 0 Å². The first-order valence-corrected chi connectivity index (χ1v) is 7.87. The van der Waals surface area contributed by atoms with Crippen LogP contribution in [0.4, 0.5) is 0 Å². The van der Waals surface area contributed by atoms with Gasteiger partial charge in [0, 0.05) is 6.54 Å². The van der Waals surface area contributed by atoms with Crippen LogP contribution in [0.5, 0.6) is 0 Å². The molecule has 1 N–H and O–H groups in total. The zero-order valence-electron chi connectivity index (χ0n) is 12.3. The van der Waals surface area contributed by atoms with Crippen LogP contribution in [-0.2, 0) is 14.8 Å². The number of carboxylic acids is 1. The second-order valence-electron chi connectivity index (χ2n) is 5.41. The van der Waals surface area contributed by atoms with Crippen LogP contribution >= 0.6 is 0 Å². The van der Waals surface area contributed by atoms with Gasteiger partial charge in [0.2, 0.25) is 10.0 Å². The number of sulfonamides is 1. The molecule has 0 aromatic heterocycles. The van der Waals surface area contributed by atoms with Gasteiger partial charge in [0.25, 0.3) is 0 Å². The van der Waals surface area contributed by atoms with Gasteiger partial charge in [-0.1, -0.05) is 19.9 Å². The van der Waals surface area contributed by atoms with Crippen LogP contribution < -0.4 is 0 Å². The maximum absolute atomic E-state index is 12.6. The lowest BCUT2D eigenvalue weighted by atomic mass is 10.2. The highest BCUT2D eigenvalue weighted by Crippen LogP contribution is 2.20. The summed E-state index contributed by atoms with van der Waals surface area (Å²) in [7, 11) is -3.78. The summed E-state index contributed by atoms with van der Waals surface area (Å²) in [6.45, 7) is 7.00. The number of rotatable bonds is 6. The lowest BCUT2D eigenvalue weighted by Gasteiger charge is -2.22. The minimum Gasteiger partial charge on any atom is -0.480 e. The van der Waals surface area contributed by atoms with Crippen LogP contribution in [0, 0.1) is 19.8 Å². The summed E-state index contributed by atoms with van der Waals surface area (Å²) in [5.41, 5.74) is 1.67. The van der Waals surface area contributed by atoms with E-state index < -0.39 is 22.5 Å². The van der Waals surface area contributed by atoms with Crippen LogP contribution in [0.15, 0.2) is 23.1 Å². The summed E-state index contributed by atoms with van der Waals surface area (Å²) in [6, 6.07) is 5.01. The maximum Gasteiger partial charge on any atom is 0.318 e. The average Bonchev–Trinajstić information content (AvgIpc) is 2.25. The monoisotopic (exact) mass is 299 g/mol. The Hall–Kier alpha value is -1.40. The molecule has 112 valence electrons. The van der Waals surface area contributed by atoms with Crippen molar-refractivity contribution in [3.63, 3.8) is 0 Å². The van der Waals surface area contributed by atoms with E-state index in [9.17, 15) is 13.2 Å². The molecular formula is C14H21NO4S. The predicted octanol–water partition coefficient (Wildman–Crippen LogP) is 2.03. The highest BCUT2D eigenvalue weighted by atomic mass is 32.2. The summed E-state index contributed by atoms with van der Waals surface area (Å²) in [5.74, 6) is -1.10. The third-order valence-corrected chi connectivity index (χ3v) is 4.50. The summed E-state index contributed by atoms with van der Waals surface area (Å²) in [4.78, 5) is 11.0. The van der Waals surface area contributed by atoms with Gasteiger partial charge in [0.15, 0.2) is 0 Å². The Bertz CT molecular complexity index is 573. The lowest BCUT2D eigenvalue weighted by Crippen LogP contribution is -2.38. The van der Waals surface area contributed by atoms with Gasteiger partial charge >= 0.3 is 5.97 Å². The van der Waals surface area contributed by atoms with Gasteiger partial charge in [-0.25, -0.2) is 8.42 Å². The fourth-order valence-corrected chi connectivity index (χ4v) is 3.78. The quantitative estimate of drug-likeness (QED) is 0.872. The van der Waals surface area contributed by atoms with Gasteiger partial charge in [-0.05, 0) is 43.0 Å². The second-order valence-corrected chi connectivity index (χ2v) is 7.35. The number of aryl methyl sites for hydroxylation is 2. The van der Waals surface area contributed by atoms with Gasteiger partial charge in [-0.15, -0.1) is 0 Å². The molecule has 1 aromatic carbocycles. The van der Waals surface area contributed by atoms with Crippen molar-refractivity contribution < 1.29 is 18.3 Å². The van der Waals surface area contributed by atoms with Gasteiger partial charge in [0.05, 0.1) is 4.90 Å². The molecule has 0 amide bonds. The van der Waals surface area contributed by atoms with Gasteiger partial charge < -0.3 is 5.11 Å². The van der Waals surface area contributed by atoms with E-state index in [1.807, 2.05) is 33.8 Å². The third-order valence-electron chi connectivity index (χ3n) is 2.71. The Morgan fingerprint density at radius 1 is 1.20 bits per heavy atom. The van der Waals surface area contributed by atoms with Crippen molar-refractivity contribution in [3.05, 3.63) is 29.3 Å². The number of hydrogen-bond donors (Lipinski definition) is 1. The number of aliphatic carboxylic acids is 1. The molecule has 0 fully saturated rings. The van der Waals surface area contributed by atoms with Crippen molar-refractivity contribution in [3.8, 4) is 0 Å². The van der Waals surface area contributed by atoms with Gasteiger partial charge in [-0.2, -0.15) is 4.31 Å². The van der Waals surface area contributed by atoms with E-state index in [4.69, 9.17) is 5.11 Å². The summed E-state index contributed by atoms with van der Waals surface area (Å²) in [5, 5.41) is 8.91. The second kappa shape index (κ2) is 6.37. The van der Waals surface area contributed by atoms with E-state index in [0.717, 1.165) is 15.4 Å². The van der Waals surface area contributed by atoms with E-state index >= 15 is 0 Å². The molecule has 6 heteroatoms. The van der Waals surface area contributed by atoms with Crippen molar-refractivity contribution in [2.75, 3.05) is 13.1 Å². The summed E-state index contributed by atoms with van der Waals surface area (Å²) in [6.07, 6.45) is 0. The van der Waals surface area contributed by atoms with Crippen molar-refractivity contribution in [1.29, 1.82) is 0 Å². The van der Waals surface area contributed by atoms with Gasteiger partial charge in [-0.3, -0.25) is 4.79 Å². The number of carboxylic acid groups (broad SMARTS) is 1. The van der Waals surface area contributed by atoms with Crippen molar-refractivity contribution in [2.45, 2.75) is 32.6 Å². The third kappa shape index (κ3) is 4.31. The van der Waals surface area contributed by atoms with E-state index in [0.29, 0.717) is 0 Å². The molecular weight excluding hydrogens is 278 g/mol. The largest absolute Gasteiger partial charge is 0.480 e. The van der Waals surface area contributed by atoms with Crippen molar-refractivity contribution in [2.24, 2.45) is 5.92 Å². The van der Waals surface area contributed by atoms with Crippen molar-refractivity contribution >= 4 is 16.0 Å². The van der Waals surface area contributed by atoms with E-state index in [1.165, 1.54) is 0 Å². The fourth-order valence-electron chi connectivity index (χ4n) is 2.04. The van der Waals surface area contributed by atoms with Crippen molar-refractivity contribution in [1.82, 2.24) is 4.31 Å². The molecule has 0 atom stereocenters. The molecule has 20 heavy (non-hydrogen) atoms. The molecule has 5 nitrogen and oxygen atoms in total. The SMILES string of the molecule is Cc1cc(C)cc(S(=O)(=O)N(CC(=O)O)CC(C)C)c1. The Morgan fingerprint density at radius 3 is 2.10 bits per heavy atom. The molecule has 0 bridgehead atoms. The smallest absolute Gasteiger partial charge is 0.318 e. The Labute approximate surface area is 120 Å². The molecule has 0 aliphatic heterocycles. The molecule has 0 saturated carbocycles. The lowest BCUT2D eigenvalue weighted by molar-refractivity contribution is -0.137. The average molecular weight is 299 g/mol. The molecule has 0 radical (unpaired) electrons. The van der Waals surface area contributed by atoms with Crippen LogP contribution in [0.3, 0.4) is 0 Å². The Balaban J connectivity index is 3.24. The molecule has 0 aliphatic rings. The number of nitrogens with zero attached hydrogens (tertiary/aromatic N) is 1. The number of hydrogen-bond acceptors (Lipinski definition) is 3. The zero-order chi connectivity index (χ0) is 15.5. The fraction of sp³-hybridized carbons (Fsp3) is 0.500. The number of carbonyl (C=O) groups is 1. The Morgan fingerprint density at radius 2 is 1.70 bits per heavy atom. The van der Waals surface area contributed by atoms with Crippen LogP contribution in [-0.4, -0.2) is 36.9 Å². The van der Waals surface area contributed by atoms with Crippen LogP contribution in [0.1, 0.15) is 25.0 Å². The molecule has 0 aliphatic carbocycles. The maximum atomic E-state index is 12.6. The normalized spacial score (nSPS) is 12.1. The summed E-state index contributed by atoms with van der Waals surface area (Å²) >= 11 is 0.